The molecule has 0 saturated heterocycles. The number of hydrogen-bond donors (Lipinski definition) is 1. The SMILES string of the molecule is C[C@H](OC(=O)Cn1ccccc1=O)C(=O)Nc1ccccc1C#N. The molecule has 1 heterocycles. The van der Waals surface area contributed by atoms with Crippen molar-refractivity contribution in [2.45, 2.75) is 19.6 Å². The summed E-state index contributed by atoms with van der Waals surface area (Å²) in [6, 6.07) is 13.0. The first-order valence-electron chi connectivity index (χ1n) is 7.16. The normalized spacial score (nSPS) is 11.2. The highest BCUT2D eigenvalue weighted by molar-refractivity contribution is 5.96. The average molecular weight is 325 g/mol. The minimum Gasteiger partial charge on any atom is -0.451 e. The average Bonchev–Trinajstić information content (AvgIpc) is 2.57. The molecule has 0 aliphatic carbocycles. The highest BCUT2D eigenvalue weighted by atomic mass is 16.5. The van der Waals surface area contributed by atoms with Gasteiger partial charge < -0.3 is 14.6 Å². The third kappa shape index (κ3) is 4.30. The maximum absolute atomic E-state index is 12.1. The van der Waals surface area contributed by atoms with Crippen molar-refractivity contribution in [3.05, 3.63) is 64.6 Å². The molecule has 122 valence electrons. The summed E-state index contributed by atoms with van der Waals surface area (Å²) in [5.41, 5.74) is 0.307. The fourth-order valence-corrected chi connectivity index (χ4v) is 1.94. The number of nitrogens with zero attached hydrogens (tertiary/aromatic N) is 2. The Morgan fingerprint density at radius 3 is 2.67 bits per heavy atom. The van der Waals surface area contributed by atoms with Gasteiger partial charge in [0.25, 0.3) is 11.5 Å². The number of para-hydroxylation sites is 1. The van der Waals surface area contributed by atoms with Gasteiger partial charge in [-0.05, 0) is 25.1 Å². The van der Waals surface area contributed by atoms with Gasteiger partial charge in [-0.1, -0.05) is 18.2 Å². The highest BCUT2D eigenvalue weighted by Gasteiger charge is 2.19. The largest absolute Gasteiger partial charge is 0.451 e. The van der Waals surface area contributed by atoms with Gasteiger partial charge in [0.05, 0.1) is 11.3 Å². The van der Waals surface area contributed by atoms with E-state index < -0.39 is 18.0 Å². The van der Waals surface area contributed by atoms with Crippen molar-refractivity contribution in [2.75, 3.05) is 5.32 Å². The number of anilines is 1. The molecule has 0 fully saturated rings. The number of hydrogen-bond acceptors (Lipinski definition) is 5. The van der Waals surface area contributed by atoms with E-state index in [0.29, 0.717) is 11.3 Å². The van der Waals surface area contributed by atoms with Gasteiger partial charge in [-0.3, -0.25) is 14.4 Å². The van der Waals surface area contributed by atoms with Crippen LogP contribution in [0.3, 0.4) is 0 Å². The van der Waals surface area contributed by atoms with Crippen molar-refractivity contribution in [2.24, 2.45) is 0 Å². The summed E-state index contributed by atoms with van der Waals surface area (Å²) in [5, 5.41) is 11.5. The molecule has 1 atom stereocenters. The molecule has 0 aliphatic rings. The number of nitrogens with one attached hydrogen (secondary N) is 1. The standard InChI is InChI=1S/C17H15N3O4/c1-12(17(23)19-14-7-3-2-6-13(14)10-18)24-16(22)11-20-9-5-4-8-15(20)21/h2-9,12H,11H2,1H3,(H,19,23)/t12-/m0/s1. The topological polar surface area (TPSA) is 101 Å². The van der Waals surface area contributed by atoms with Crippen LogP contribution in [0.15, 0.2) is 53.5 Å². The Bertz CT molecular complexity index is 851. The van der Waals surface area contributed by atoms with Crippen LogP contribution in [-0.2, 0) is 20.9 Å². The lowest BCUT2D eigenvalue weighted by molar-refractivity contribution is -0.153. The van der Waals surface area contributed by atoms with Gasteiger partial charge >= 0.3 is 5.97 Å². The van der Waals surface area contributed by atoms with Crippen LogP contribution in [0, 0.1) is 11.3 Å². The second-order valence-corrected chi connectivity index (χ2v) is 4.95. The van der Waals surface area contributed by atoms with Crippen LogP contribution in [-0.4, -0.2) is 22.5 Å². The Kier molecular flexibility index (Phi) is 5.47. The Morgan fingerprint density at radius 2 is 1.96 bits per heavy atom. The number of esters is 1. The number of carbonyl (C=O) groups is 2. The zero-order chi connectivity index (χ0) is 17.5. The number of amides is 1. The van der Waals surface area contributed by atoms with Gasteiger partial charge in [0.1, 0.15) is 12.6 Å². The van der Waals surface area contributed by atoms with E-state index in [-0.39, 0.29) is 12.1 Å². The van der Waals surface area contributed by atoms with Gasteiger partial charge in [-0.15, -0.1) is 0 Å². The summed E-state index contributed by atoms with van der Waals surface area (Å²) < 4.78 is 6.20. The van der Waals surface area contributed by atoms with Crippen LogP contribution in [0.4, 0.5) is 5.69 Å². The minimum atomic E-state index is -1.07. The van der Waals surface area contributed by atoms with Crippen LogP contribution in [0.2, 0.25) is 0 Å². The lowest BCUT2D eigenvalue weighted by Gasteiger charge is -2.14. The number of benzene rings is 1. The van der Waals surface area contributed by atoms with E-state index in [0.717, 1.165) is 0 Å². The molecule has 0 unspecified atom stereocenters. The van der Waals surface area contributed by atoms with Crippen molar-refractivity contribution in [3.63, 3.8) is 0 Å². The van der Waals surface area contributed by atoms with Gasteiger partial charge in [0.15, 0.2) is 6.10 Å². The third-order valence-corrected chi connectivity index (χ3v) is 3.18. The molecule has 2 aromatic rings. The summed E-state index contributed by atoms with van der Waals surface area (Å²) in [4.78, 5) is 35.4. The molecule has 1 amide bonds. The van der Waals surface area contributed by atoms with E-state index >= 15 is 0 Å². The lowest BCUT2D eigenvalue weighted by Crippen LogP contribution is -2.32. The van der Waals surface area contributed by atoms with Gasteiger partial charge in [0.2, 0.25) is 0 Å². The Balaban J connectivity index is 1.96. The molecule has 1 aromatic carbocycles. The highest BCUT2D eigenvalue weighted by Crippen LogP contribution is 2.14. The third-order valence-electron chi connectivity index (χ3n) is 3.18. The molecular weight excluding hydrogens is 310 g/mol. The number of rotatable bonds is 5. The second kappa shape index (κ2) is 7.74. The maximum Gasteiger partial charge on any atom is 0.326 e. The Hall–Kier alpha value is -3.40. The smallest absolute Gasteiger partial charge is 0.326 e. The van der Waals surface area contributed by atoms with E-state index in [4.69, 9.17) is 10.00 Å². The van der Waals surface area contributed by atoms with E-state index in [9.17, 15) is 14.4 Å². The number of carbonyl (C=O) groups excluding carboxylic acids is 2. The van der Waals surface area contributed by atoms with Gasteiger partial charge in [-0.25, -0.2) is 0 Å². The summed E-state index contributed by atoms with van der Waals surface area (Å²) in [6.07, 6.45) is 0.390. The predicted molar refractivity (Wildman–Crippen MR) is 86.0 cm³/mol. The van der Waals surface area contributed by atoms with Crippen molar-refractivity contribution >= 4 is 17.6 Å². The first-order valence-corrected chi connectivity index (χ1v) is 7.16. The zero-order valence-corrected chi connectivity index (χ0v) is 12.9. The maximum atomic E-state index is 12.1. The number of ether oxygens (including phenoxy) is 1. The van der Waals surface area contributed by atoms with E-state index in [2.05, 4.69) is 5.32 Å². The summed E-state index contributed by atoms with van der Waals surface area (Å²) in [6.45, 7) is 1.13. The zero-order valence-electron chi connectivity index (χ0n) is 12.9. The molecule has 0 radical (unpaired) electrons. The van der Waals surface area contributed by atoms with Crippen molar-refractivity contribution < 1.29 is 14.3 Å². The summed E-state index contributed by atoms with van der Waals surface area (Å²) in [5.74, 6) is -1.27. The Labute approximate surface area is 138 Å². The van der Waals surface area contributed by atoms with E-state index in [1.807, 2.05) is 6.07 Å². The molecule has 0 saturated carbocycles. The summed E-state index contributed by atoms with van der Waals surface area (Å²) >= 11 is 0. The minimum absolute atomic E-state index is 0.286. The fourth-order valence-electron chi connectivity index (χ4n) is 1.94. The molecule has 24 heavy (non-hydrogen) atoms. The predicted octanol–water partition coefficient (Wildman–Crippen LogP) is 1.29. The summed E-state index contributed by atoms with van der Waals surface area (Å²) in [7, 11) is 0. The number of aromatic nitrogens is 1. The van der Waals surface area contributed by atoms with Crippen LogP contribution in [0.1, 0.15) is 12.5 Å². The van der Waals surface area contributed by atoms with Crippen LogP contribution < -0.4 is 10.9 Å². The molecular formula is C17H15N3O4. The molecule has 7 nitrogen and oxygen atoms in total. The molecule has 1 aromatic heterocycles. The second-order valence-electron chi connectivity index (χ2n) is 4.95. The molecule has 1 N–H and O–H groups in total. The van der Waals surface area contributed by atoms with E-state index in [1.165, 1.54) is 23.8 Å². The van der Waals surface area contributed by atoms with Crippen LogP contribution in [0.25, 0.3) is 0 Å². The monoisotopic (exact) mass is 325 g/mol. The van der Waals surface area contributed by atoms with Gasteiger partial charge in [-0.2, -0.15) is 5.26 Å². The van der Waals surface area contributed by atoms with Crippen molar-refractivity contribution in [1.82, 2.24) is 4.57 Å². The first kappa shape index (κ1) is 17.0. The molecule has 0 spiro atoms. The number of nitriles is 1. The van der Waals surface area contributed by atoms with Crippen LogP contribution in [0.5, 0.6) is 0 Å². The van der Waals surface area contributed by atoms with Crippen molar-refractivity contribution in [3.8, 4) is 6.07 Å². The quantitative estimate of drug-likeness (QED) is 0.835. The fraction of sp³-hybridized carbons (Fsp3) is 0.176. The molecule has 0 bridgehead atoms. The molecule has 2 rings (SSSR count). The van der Waals surface area contributed by atoms with E-state index in [1.54, 1.807) is 36.4 Å². The molecule has 7 heteroatoms. The molecule has 0 aliphatic heterocycles. The lowest BCUT2D eigenvalue weighted by atomic mass is 10.2. The van der Waals surface area contributed by atoms with Gasteiger partial charge in [0, 0.05) is 12.3 Å². The van der Waals surface area contributed by atoms with Crippen LogP contribution >= 0.6 is 0 Å². The Morgan fingerprint density at radius 1 is 1.25 bits per heavy atom. The number of pyridine rings is 1. The van der Waals surface area contributed by atoms with Crippen molar-refractivity contribution in [1.29, 1.82) is 5.26 Å². The first-order chi connectivity index (χ1) is 11.5.